The number of carbonyl (C=O) groups excluding carboxylic acids is 1. The minimum atomic E-state index is -0.859. The minimum absolute atomic E-state index is 0.0334. The highest BCUT2D eigenvalue weighted by Crippen LogP contribution is 2.21. The monoisotopic (exact) mass is 270 g/mol. The zero-order valence-electron chi connectivity index (χ0n) is 7.12. The highest BCUT2D eigenvalue weighted by atomic mass is 79.9. The van der Waals surface area contributed by atoms with Gasteiger partial charge in [0.1, 0.15) is 0 Å². The molecule has 0 aromatic heterocycles. The third kappa shape index (κ3) is 2.76. The van der Waals surface area contributed by atoms with E-state index in [0.717, 1.165) is 6.07 Å². The van der Waals surface area contributed by atoms with Crippen molar-refractivity contribution in [1.29, 1.82) is 0 Å². The summed E-state index contributed by atoms with van der Waals surface area (Å²) < 4.78 is 0.369. The average Bonchev–Trinajstić information content (AvgIpc) is 2.17. The van der Waals surface area contributed by atoms with Gasteiger partial charge in [-0.3, -0.25) is 14.9 Å². The van der Waals surface area contributed by atoms with Gasteiger partial charge in [0.15, 0.2) is 0 Å². The molecule has 8 heteroatoms. The van der Waals surface area contributed by atoms with Crippen LogP contribution in [0.25, 0.3) is 10.4 Å². The van der Waals surface area contributed by atoms with Crippen molar-refractivity contribution in [2.75, 3.05) is 0 Å². The molecule has 1 rings (SSSR count). The average molecular weight is 271 g/mol. The number of carbonyl (C=O) groups is 1. The summed E-state index contributed by atoms with van der Waals surface area (Å²) >= 11 is 3.01. The fraction of sp³-hybridized carbons (Fsp3) is 0. The summed E-state index contributed by atoms with van der Waals surface area (Å²) in [6.07, 6.45) is 0. The third-order valence-corrected chi connectivity index (χ3v) is 1.93. The Morgan fingerprint density at radius 3 is 2.73 bits per heavy atom. The number of hydrogen-bond donors (Lipinski definition) is 0. The fourth-order valence-corrected chi connectivity index (χ4v) is 1.38. The molecule has 7 nitrogen and oxygen atoms in total. The molecule has 0 unspecified atom stereocenters. The summed E-state index contributed by atoms with van der Waals surface area (Å²) in [6, 6.07) is 3.62. The Kier molecular flexibility index (Phi) is 3.37. The number of amides is 1. The summed E-state index contributed by atoms with van der Waals surface area (Å²) in [7, 11) is 0. The van der Waals surface area contributed by atoms with Crippen molar-refractivity contribution >= 4 is 27.5 Å². The van der Waals surface area contributed by atoms with Gasteiger partial charge >= 0.3 is 0 Å². The Balaban J connectivity index is 3.25. The number of nitro benzene ring substituents is 1. The molecule has 0 fully saturated rings. The number of nitro groups is 1. The van der Waals surface area contributed by atoms with Crippen molar-refractivity contribution in [3.05, 3.63) is 48.8 Å². The number of benzene rings is 1. The van der Waals surface area contributed by atoms with Gasteiger partial charge in [-0.15, -0.1) is 0 Å². The molecule has 1 aromatic carbocycles. The van der Waals surface area contributed by atoms with E-state index in [2.05, 4.69) is 26.0 Å². The van der Waals surface area contributed by atoms with E-state index in [4.69, 9.17) is 5.53 Å². The van der Waals surface area contributed by atoms with Crippen molar-refractivity contribution in [3.63, 3.8) is 0 Å². The van der Waals surface area contributed by atoms with Crippen LogP contribution in [0.2, 0.25) is 0 Å². The second kappa shape index (κ2) is 4.54. The van der Waals surface area contributed by atoms with E-state index in [1.807, 2.05) is 0 Å². The predicted molar refractivity (Wildman–Crippen MR) is 54.3 cm³/mol. The molecule has 0 saturated heterocycles. The van der Waals surface area contributed by atoms with Crippen LogP contribution in [0.4, 0.5) is 5.69 Å². The molecule has 0 spiro atoms. The van der Waals surface area contributed by atoms with Gasteiger partial charge in [0, 0.05) is 27.1 Å². The maximum atomic E-state index is 11.1. The van der Waals surface area contributed by atoms with Crippen LogP contribution in [0.1, 0.15) is 10.4 Å². The molecular weight excluding hydrogens is 268 g/mol. The summed E-state index contributed by atoms with van der Waals surface area (Å²) in [5.74, 6) is -0.859. The fourth-order valence-electron chi connectivity index (χ4n) is 0.901. The molecule has 0 atom stereocenters. The molecule has 0 aliphatic heterocycles. The topological polar surface area (TPSA) is 109 Å². The van der Waals surface area contributed by atoms with Gasteiger partial charge in [-0.05, 0) is 16.7 Å². The van der Waals surface area contributed by atoms with Gasteiger partial charge in [0.25, 0.3) is 5.69 Å². The van der Waals surface area contributed by atoms with Gasteiger partial charge in [0.05, 0.1) is 4.92 Å². The molecule has 0 aliphatic rings. The lowest BCUT2D eigenvalue weighted by Crippen LogP contribution is -1.96. The Morgan fingerprint density at radius 2 is 2.20 bits per heavy atom. The predicted octanol–water partition coefficient (Wildman–Crippen LogP) is 2.81. The third-order valence-electron chi connectivity index (χ3n) is 1.48. The summed E-state index contributed by atoms with van der Waals surface area (Å²) in [6.45, 7) is 0. The van der Waals surface area contributed by atoms with Gasteiger partial charge < -0.3 is 0 Å². The Labute approximate surface area is 91.6 Å². The standard InChI is InChI=1S/C7H3BrN4O3/c8-5-1-4(7(13)10-11-9)2-6(3-5)12(14)15/h1-3H. The first kappa shape index (κ1) is 11.2. The molecule has 0 radical (unpaired) electrons. The van der Waals surface area contributed by atoms with Crippen molar-refractivity contribution in [3.8, 4) is 0 Å². The second-order valence-corrected chi connectivity index (χ2v) is 3.37. The van der Waals surface area contributed by atoms with Crippen molar-refractivity contribution in [2.24, 2.45) is 5.11 Å². The molecule has 1 amide bonds. The number of azide groups is 1. The lowest BCUT2D eigenvalue weighted by atomic mass is 10.2. The van der Waals surface area contributed by atoms with Crippen LogP contribution >= 0.6 is 15.9 Å². The van der Waals surface area contributed by atoms with Crippen LogP contribution in [-0.4, -0.2) is 10.8 Å². The van der Waals surface area contributed by atoms with E-state index < -0.39 is 10.8 Å². The first-order valence-electron chi connectivity index (χ1n) is 3.59. The van der Waals surface area contributed by atoms with E-state index in [0.29, 0.717) is 4.47 Å². The molecule has 0 aliphatic carbocycles. The van der Waals surface area contributed by atoms with Gasteiger partial charge in [-0.2, -0.15) is 0 Å². The lowest BCUT2D eigenvalue weighted by molar-refractivity contribution is -0.384. The van der Waals surface area contributed by atoms with E-state index in [9.17, 15) is 14.9 Å². The Morgan fingerprint density at radius 1 is 1.53 bits per heavy atom. The molecule has 76 valence electrons. The first-order chi connectivity index (χ1) is 7.04. The first-order valence-corrected chi connectivity index (χ1v) is 4.38. The number of halogens is 1. The highest BCUT2D eigenvalue weighted by Gasteiger charge is 2.12. The molecular formula is C7H3BrN4O3. The zero-order chi connectivity index (χ0) is 11.4. The second-order valence-electron chi connectivity index (χ2n) is 2.45. The lowest BCUT2D eigenvalue weighted by Gasteiger charge is -1.97. The van der Waals surface area contributed by atoms with Crippen LogP contribution < -0.4 is 0 Å². The maximum absolute atomic E-state index is 11.1. The molecule has 1 aromatic rings. The smallest absolute Gasteiger partial charge is 0.271 e. The van der Waals surface area contributed by atoms with Gasteiger partial charge in [0.2, 0.25) is 5.91 Å². The van der Waals surface area contributed by atoms with Crippen molar-refractivity contribution in [2.45, 2.75) is 0 Å². The maximum Gasteiger partial charge on any atom is 0.271 e. The van der Waals surface area contributed by atoms with Crippen LogP contribution in [0.15, 0.2) is 27.8 Å². The molecule has 0 bridgehead atoms. The summed E-state index contributed by atoms with van der Waals surface area (Å²) in [4.78, 5) is 23.2. The van der Waals surface area contributed by atoms with Crippen molar-refractivity contribution < 1.29 is 9.72 Å². The van der Waals surface area contributed by atoms with Crippen molar-refractivity contribution in [1.82, 2.24) is 0 Å². The molecule has 0 heterocycles. The van der Waals surface area contributed by atoms with E-state index in [-0.39, 0.29) is 11.3 Å². The molecule has 15 heavy (non-hydrogen) atoms. The van der Waals surface area contributed by atoms with E-state index in [1.165, 1.54) is 12.1 Å². The SMILES string of the molecule is [N-]=[N+]=NC(=O)c1cc(Br)cc([N+](=O)[O-])c1. The van der Waals surface area contributed by atoms with Crippen LogP contribution in [0, 0.1) is 10.1 Å². The number of nitrogens with zero attached hydrogens (tertiary/aromatic N) is 4. The van der Waals surface area contributed by atoms with Crippen LogP contribution in [0.3, 0.4) is 0 Å². The normalized spacial score (nSPS) is 9.13. The number of non-ortho nitro benzene ring substituents is 1. The highest BCUT2D eigenvalue weighted by molar-refractivity contribution is 9.10. The quantitative estimate of drug-likeness (QED) is 0.271. The summed E-state index contributed by atoms with van der Waals surface area (Å²) in [5, 5.41) is 13.3. The van der Waals surface area contributed by atoms with Crippen LogP contribution in [0.5, 0.6) is 0 Å². The zero-order valence-corrected chi connectivity index (χ0v) is 8.71. The Bertz CT molecular complexity index is 481. The largest absolute Gasteiger partial charge is 0.287 e. The van der Waals surface area contributed by atoms with Gasteiger partial charge in [-0.1, -0.05) is 15.9 Å². The number of hydrogen-bond acceptors (Lipinski definition) is 3. The molecule has 0 saturated carbocycles. The van der Waals surface area contributed by atoms with E-state index in [1.54, 1.807) is 0 Å². The molecule has 0 N–H and O–H groups in total. The summed E-state index contributed by atoms with van der Waals surface area (Å²) in [5.41, 5.74) is 7.76. The Hall–Kier alpha value is -1.92. The number of rotatable bonds is 2. The minimum Gasteiger partial charge on any atom is -0.287 e. The van der Waals surface area contributed by atoms with Gasteiger partial charge in [-0.25, -0.2) is 0 Å². The van der Waals surface area contributed by atoms with Crippen LogP contribution in [-0.2, 0) is 0 Å². The van der Waals surface area contributed by atoms with E-state index >= 15 is 0 Å².